The lowest BCUT2D eigenvalue weighted by Gasteiger charge is -2.13. The molecule has 0 bridgehead atoms. The van der Waals surface area contributed by atoms with E-state index in [1.807, 2.05) is 78.9 Å². The van der Waals surface area contributed by atoms with Crippen LogP contribution >= 0.6 is 11.8 Å². The highest BCUT2D eigenvalue weighted by molar-refractivity contribution is 7.99. The molecule has 1 amide bonds. The van der Waals surface area contributed by atoms with Gasteiger partial charge in [0.05, 0.1) is 16.7 Å². The summed E-state index contributed by atoms with van der Waals surface area (Å²) in [4.78, 5) is 30.2. The predicted octanol–water partition coefficient (Wildman–Crippen LogP) is 4.09. The average Bonchev–Trinajstić information content (AvgIpc) is 2.83. The summed E-state index contributed by atoms with van der Waals surface area (Å²) in [6, 6.07) is 27.5. The molecule has 1 N–H and O–H groups in total. The van der Waals surface area contributed by atoms with Gasteiger partial charge < -0.3 is 5.32 Å². The molecule has 3 aromatic carbocycles. The Kier molecular flexibility index (Phi) is 7.35. The molecular formula is C26H25N3O2S. The first-order valence-electron chi connectivity index (χ1n) is 10.7. The Morgan fingerprint density at radius 1 is 0.844 bits per heavy atom. The first-order chi connectivity index (χ1) is 15.7. The molecule has 0 unspecified atom stereocenters. The zero-order valence-electron chi connectivity index (χ0n) is 17.7. The van der Waals surface area contributed by atoms with Gasteiger partial charge in [0.25, 0.3) is 5.56 Å². The number of carbonyl (C=O) groups is 1. The van der Waals surface area contributed by atoms with Crippen LogP contribution in [0.25, 0.3) is 10.9 Å². The van der Waals surface area contributed by atoms with Gasteiger partial charge in [-0.1, -0.05) is 84.6 Å². The van der Waals surface area contributed by atoms with E-state index in [1.165, 1.54) is 17.3 Å². The van der Waals surface area contributed by atoms with Crippen molar-refractivity contribution in [3.8, 4) is 0 Å². The lowest BCUT2D eigenvalue weighted by Crippen LogP contribution is -2.28. The number of para-hydroxylation sites is 1. The van der Waals surface area contributed by atoms with Crippen LogP contribution in [0.1, 0.15) is 11.1 Å². The smallest absolute Gasteiger partial charge is 0.262 e. The summed E-state index contributed by atoms with van der Waals surface area (Å²) in [5, 5.41) is 4.12. The summed E-state index contributed by atoms with van der Waals surface area (Å²) < 4.78 is 1.69. The molecule has 0 saturated carbocycles. The third-order valence-electron chi connectivity index (χ3n) is 5.20. The van der Waals surface area contributed by atoms with Crippen LogP contribution in [-0.2, 0) is 24.2 Å². The van der Waals surface area contributed by atoms with Crippen molar-refractivity contribution in [3.05, 3.63) is 106 Å². The molecule has 162 valence electrons. The van der Waals surface area contributed by atoms with Gasteiger partial charge in [-0.25, -0.2) is 4.98 Å². The van der Waals surface area contributed by atoms with Crippen LogP contribution in [-0.4, -0.2) is 27.8 Å². The third-order valence-corrected chi connectivity index (χ3v) is 6.18. The van der Waals surface area contributed by atoms with E-state index in [4.69, 9.17) is 4.98 Å². The number of benzene rings is 3. The van der Waals surface area contributed by atoms with Crippen molar-refractivity contribution in [2.75, 3.05) is 12.3 Å². The monoisotopic (exact) mass is 443 g/mol. The molecule has 0 aliphatic carbocycles. The number of aromatic nitrogens is 2. The summed E-state index contributed by atoms with van der Waals surface area (Å²) in [5.41, 5.74) is 2.92. The van der Waals surface area contributed by atoms with E-state index >= 15 is 0 Å². The maximum atomic E-state index is 13.2. The molecule has 6 heteroatoms. The van der Waals surface area contributed by atoms with Crippen LogP contribution in [0, 0.1) is 0 Å². The zero-order chi connectivity index (χ0) is 22.2. The molecule has 32 heavy (non-hydrogen) atoms. The fourth-order valence-corrected chi connectivity index (χ4v) is 4.37. The Bertz CT molecular complexity index is 1240. The quantitative estimate of drug-likeness (QED) is 0.313. The summed E-state index contributed by atoms with van der Waals surface area (Å²) in [6.45, 7) is 1.09. The number of amides is 1. The topological polar surface area (TPSA) is 64.0 Å². The molecule has 1 heterocycles. The first kappa shape index (κ1) is 21.8. The standard InChI is InChI=1S/C26H25N3O2S/c30-24(27-17-15-20-9-3-1-4-10-20)19-32-26-28-23-14-8-7-13-22(23)25(31)29(26)18-16-21-11-5-2-6-12-21/h1-14H,15-19H2,(H,27,30). The lowest BCUT2D eigenvalue weighted by molar-refractivity contribution is -0.118. The number of aryl methyl sites for hydroxylation is 1. The molecular weight excluding hydrogens is 418 g/mol. The fourth-order valence-electron chi connectivity index (χ4n) is 3.51. The number of hydrogen-bond donors (Lipinski definition) is 1. The van der Waals surface area contributed by atoms with Gasteiger partial charge in [-0.2, -0.15) is 0 Å². The minimum absolute atomic E-state index is 0.0667. The van der Waals surface area contributed by atoms with E-state index in [9.17, 15) is 9.59 Å². The molecule has 5 nitrogen and oxygen atoms in total. The minimum atomic E-state index is -0.0708. The molecule has 0 aliphatic rings. The van der Waals surface area contributed by atoms with Crippen LogP contribution in [0.5, 0.6) is 0 Å². The Balaban J connectivity index is 1.45. The molecule has 0 atom stereocenters. The van der Waals surface area contributed by atoms with Gasteiger partial charge in [0.2, 0.25) is 5.91 Å². The van der Waals surface area contributed by atoms with Gasteiger partial charge in [-0.3, -0.25) is 14.2 Å². The van der Waals surface area contributed by atoms with E-state index < -0.39 is 0 Å². The summed E-state index contributed by atoms with van der Waals surface area (Å²) in [5.74, 6) is 0.146. The van der Waals surface area contributed by atoms with E-state index in [2.05, 4.69) is 5.32 Å². The van der Waals surface area contributed by atoms with Crippen molar-refractivity contribution in [1.29, 1.82) is 0 Å². The van der Waals surface area contributed by atoms with Gasteiger partial charge in [0.1, 0.15) is 0 Å². The highest BCUT2D eigenvalue weighted by Crippen LogP contribution is 2.18. The average molecular weight is 444 g/mol. The van der Waals surface area contributed by atoms with Crippen molar-refractivity contribution in [1.82, 2.24) is 14.9 Å². The van der Waals surface area contributed by atoms with E-state index in [0.29, 0.717) is 29.1 Å². The van der Waals surface area contributed by atoms with Gasteiger partial charge >= 0.3 is 0 Å². The van der Waals surface area contributed by atoms with E-state index in [1.54, 1.807) is 10.6 Å². The maximum absolute atomic E-state index is 13.2. The van der Waals surface area contributed by atoms with E-state index in [-0.39, 0.29) is 17.2 Å². The number of hydrogen-bond acceptors (Lipinski definition) is 4. The molecule has 4 rings (SSSR count). The normalized spacial score (nSPS) is 10.9. The second kappa shape index (κ2) is 10.8. The van der Waals surface area contributed by atoms with Crippen LogP contribution < -0.4 is 10.9 Å². The van der Waals surface area contributed by atoms with Gasteiger partial charge in [0, 0.05) is 13.1 Å². The van der Waals surface area contributed by atoms with Crippen molar-refractivity contribution in [2.45, 2.75) is 24.5 Å². The van der Waals surface area contributed by atoms with Crippen molar-refractivity contribution in [2.24, 2.45) is 0 Å². The van der Waals surface area contributed by atoms with Crippen molar-refractivity contribution < 1.29 is 4.79 Å². The van der Waals surface area contributed by atoms with Gasteiger partial charge in [0.15, 0.2) is 5.16 Å². The highest BCUT2D eigenvalue weighted by atomic mass is 32.2. The van der Waals surface area contributed by atoms with Gasteiger partial charge in [-0.05, 0) is 36.1 Å². The minimum Gasteiger partial charge on any atom is -0.355 e. The maximum Gasteiger partial charge on any atom is 0.262 e. The molecule has 1 aromatic heterocycles. The molecule has 0 saturated heterocycles. The Hall–Kier alpha value is -3.38. The lowest BCUT2D eigenvalue weighted by atomic mass is 10.1. The van der Waals surface area contributed by atoms with Gasteiger partial charge in [-0.15, -0.1) is 0 Å². The Morgan fingerprint density at radius 3 is 2.19 bits per heavy atom. The van der Waals surface area contributed by atoms with Crippen LogP contribution in [0.3, 0.4) is 0 Å². The number of fused-ring (bicyclic) bond motifs is 1. The molecule has 0 aliphatic heterocycles. The second-order valence-corrected chi connectivity index (χ2v) is 8.42. The molecule has 0 fully saturated rings. The number of thioether (sulfide) groups is 1. The Labute approximate surface area is 191 Å². The number of nitrogens with zero attached hydrogens (tertiary/aromatic N) is 2. The van der Waals surface area contributed by atoms with Crippen LogP contribution in [0.2, 0.25) is 0 Å². The third kappa shape index (κ3) is 5.65. The first-order valence-corrected chi connectivity index (χ1v) is 11.7. The van der Waals surface area contributed by atoms with Crippen molar-refractivity contribution in [3.63, 3.8) is 0 Å². The van der Waals surface area contributed by atoms with Crippen LogP contribution in [0.4, 0.5) is 0 Å². The number of rotatable bonds is 9. The molecule has 0 radical (unpaired) electrons. The fraction of sp³-hybridized carbons (Fsp3) is 0.192. The zero-order valence-corrected chi connectivity index (χ0v) is 18.6. The number of nitrogens with one attached hydrogen (secondary N) is 1. The van der Waals surface area contributed by atoms with Crippen LogP contribution in [0.15, 0.2) is 94.9 Å². The largest absolute Gasteiger partial charge is 0.355 e. The molecule has 4 aromatic rings. The SMILES string of the molecule is O=C(CSc1nc2ccccc2c(=O)n1CCc1ccccc1)NCCc1ccccc1. The number of carbonyl (C=O) groups excluding carboxylic acids is 1. The van der Waals surface area contributed by atoms with Crippen molar-refractivity contribution >= 4 is 28.6 Å². The van der Waals surface area contributed by atoms with E-state index in [0.717, 1.165) is 18.4 Å². The predicted molar refractivity (Wildman–Crippen MR) is 130 cm³/mol. The Morgan fingerprint density at radius 2 is 1.47 bits per heavy atom. The molecule has 0 spiro atoms. The second-order valence-electron chi connectivity index (χ2n) is 7.48. The highest BCUT2D eigenvalue weighted by Gasteiger charge is 2.13. The summed E-state index contributed by atoms with van der Waals surface area (Å²) in [6.07, 6.45) is 1.50. The summed E-state index contributed by atoms with van der Waals surface area (Å²) in [7, 11) is 0. The summed E-state index contributed by atoms with van der Waals surface area (Å²) >= 11 is 1.31.